The number of para-hydroxylation sites is 1. The van der Waals surface area contributed by atoms with E-state index in [1.807, 2.05) is 30.3 Å². The number of rotatable bonds is 6. The van der Waals surface area contributed by atoms with Gasteiger partial charge in [-0.3, -0.25) is 9.48 Å². The average molecular weight is 371 g/mol. The highest BCUT2D eigenvalue weighted by atomic mass is 35.5. The molecule has 0 atom stereocenters. The van der Waals surface area contributed by atoms with Gasteiger partial charge in [0.1, 0.15) is 6.54 Å². The van der Waals surface area contributed by atoms with E-state index in [1.54, 1.807) is 4.68 Å². The van der Waals surface area contributed by atoms with Gasteiger partial charge >= 0.3 is 5.97 Å². The zero-order valence-corrected chi connectivity index (χ0v) is 16.1. The number of hydrogen-bond acceptors (Lipinski definition) is 3. The van der Waals surface area contributed by atoms with Gasteiger partial charge in [0.25, 0.3) is 0 Å². The number of carbonyl (C=O) groups is 1. The molecule has 0 radical (unpaired) electrons. The quantitative estimate of drug-likeness (QED) is 0.575. The lowest BCUT2D eigenvalue weighted by molar-refractivity contribution is -0.141. The maximum absolute atomic E-state index is 11.8. The summed E-state index contributed by atoms with van der Waals surface area (Å²) >= 11 is 6.10. The minimum Gasteiger partial charge on any atom is -0.468 e. The van der Waals surface area contributed by atoms with Crippen LogP contribution in [0.2, 0.25) is 5.02 Å². The first kappa shape index (κ1) is 18.5. The Morgan fingerprint density at radius 2 is 1.77 bits per heavy atom. The summed E-state index contributed by atoms with van der Waals surface area (Å²) in [5.74, 6) is -0.310. The second kappa shape index (κ2) is 7.50. The van der Waals surface area contributed by atoms with E-state index in [4.69, 9.17) is 21.4 Å². The third kappa shape index (κ3) is 3.10. The van der Waals surface area contributed by atoms with E-state index in [-0.39, 0.29) is 17.9 Å². The zero-order valence-electron chi connectivity index (χ0n) is 15.3. The predicted octanol–water partition coefficient (Wildman–Crippen LogP) is 4.97. The topological polar surface area (TPSA) is 44.1 Å². The van der Waals surface area contributed by atoms with Crippen LogP contribution in [0.1, 0.15) is 37.9 Å². The number of methoxy groups -OCH3 is 1. The number of nitrogens with zero attached hydrogens (tertiary/aromatic N) is 2. The van der Waals surface area contributed by atoms with Gasteiger partial charge in [0.15, 0.2) is 0 Å². The average Bonchev–Trinajstić information content (AvgIpc) is 3.03. The first-order chi connectivity index (χ1) is 12.6. The molecule has 2 aromatic carbocycles. The largest absolute Gasteiger partial charge is 0.468 e. The zero-order chi connectivity index (χ0) is 18.7. The van der Waals surface area contributed by atoms with Gasteiger partial charge in [-0.15, -0.1) is 0 Å². The summed E-state index contributed by atoms with van der Waals surface area (Å²) in [4.78, 5) is 11.8. The van der Waals surface area contributed by atoms with Crippen molar-refractivity contribution in [1.29, 1.82) is 0 Å². The van der Waals surface area contributed by atoms with E-state index < -0.39 is 0 Å². The Labute approximate surface area is 158 Å². The van der Waals surface area contributed by atoms with Crippen molar-refractivity contribution in [1.82, 2.24) is 9.78 Å². The van der Waals surface area contributed by atoms with Gasteiger partial charge in [-0.05, 0) is 36.6 Å². The third-order valence-electron chi connectivity index (χ3n) is 5.22. The van der Waals surface area contributed by atoms with Crippen molar-refractivity contribution < 1.29 is 9.53 Å². The molecule has 0 saturated heterocycles. The molecule has 26 heavy (non-hydrogen) atoms. The van der Waals surface area contributed by atoms with Crippen LogP contribution in [-0.2, 0) is 21.5 Å². The highest BCUT2D eigenvalue weighted by Gasteiger charge is 2.35. The molecule has 0 aliphatic carbocycles. The fourth-order valence-corrected chi connectivity index (χ4v) is 3.81. The highest BCUT2D eigenvalue weighted by Crippen LogP contribution is 2.41. The Hall–Kier alpha value is -2.33. The molecule has 5 heteroatoms. The second-order valence-electron chi connectivity index (χ2n) is 6.40. The van der Waals surface area contributed by atoms with Crippen LogP contribution >= 0.6 is 11.6 Å². The van der Waals surface area contributed by atoms with Crippen LogP contribution in [0.4, 0.5) is 0 Å². The van der Waals surface area contributed by atoms with Crippen molar-refractivity contribution in [3.63, 3.8) is 0 Å². The molecule has 0 aliphatic rings. The number of aromatic nitrogens is 2. The molecule has 1 heterocycles. The fourth-order valence-electron chi connectivity index (χ4n) is 3.69. The standard InChI is InChI=1S/C21H23ClN2O2/c1-4-21(5-2,15-10-12-16(22)13-11-15)20-17-8-6-7-9-18(17)24(23-20)14-19(25)26-3/h6-13H,4-5,14H2,1-3H3. The number of esters is 1. The Bertz CT molecular complexity index is 911. The minimum atomic E-state index is -0.310. The van der Waals surface area contributed by atoms with E-state index in [2.05, 4.69) is 32.0 Å². The van der Waals surface area contributed by atoms with Gasteiger partial charge < -0.3 is 4.74 Å². The Morgan fingerprint density at radius 3 is 2.38 bits per heavy atom. The van der Waals surface area contributed by atoms with Crippen LogP contribution in [0.3, 0.4) is 0 Å². The van der Waals surface area contributed by atoms with Gasteiger partial charge in [-0.1, -0.05) is 55.8 Å². The van der Waals surface area contributed by atoms with Gasteiger partial charge in [-0.25, -0.2) is 0 Å². The van der Waals surface area contributed by atoms with Crippen molar-refractivity contribution >= 4 is 28.5 Å². The molecule has 0 spiro atoms. The molecule has 0 unspecified atom stereocenters. The summed E-state index contributed by atoms with van der Waals surface area (Å²) in [7, 11) is 1.39. The number of halogens is 1. The summed E-state index contributed by atoms with van der Waals surface area (Å²) in [6.45, 7) is 4.44. The van der Waals surface area contributed by atoms with Crippen molar-refractivity contribution in [2.45, 2.75) is 38.6 Å². The van der Waals surface area contributed by atoms with Crippen LogP contribution < -0.4 is 0 Å². The molecule has 0 bridgehead atoms. The SMILES string of the molecule is CCC(CC)(c1ccc(Cl)cc1)c1nn(CC(=O)OC)c2ccccc12. The smallest absolute Gasteiger partial charge is 0.327 e. The molecular formula is C21H23ClN2O2. The van der Waals surface area contributed by atoms with E-state index in [1.165, 1.54) is 12.7 Å². The van der Waals surface area contributed by atoms with Gasteiger partial charge in [0.05, 0.1) is 18.3 Å². The lowest BCUT2D eigenvalue weighted by Crippen LogP contribution is -2.27. The fraction of sp³-hybridized carbons (Fsp3) is 0.333. The molecule has 0 aliphatic heterocycles. The molecule has 0 saturated carbocycles. The van der Waals surface area contributed by atoms with Gasteiger partial charge in [-0.2, -0.15) is 5.10 Å². The molecule has 4 nitrogen and oxygen atoms in total. The Kier molecular flexibility index (Phi) is 5.33. The highest BCUT2D eigenvalue weighted by molar-refractivity contribution is 6.30. The monoisotopic (exact) mass is 370 g/mol. The molecule has 1 aromatic heterocycles. The van der Waals surface area contributed by atoms with Crippen LogP contribution in [0.25, 0.3) is 10.9 Å². The maximum Gasteiger partial charge on any atom is 0.327 e. The Balaban J connectivity index is 2.23. The third-order valence-corrected chi connectivity index (χ3v) is 5.47. The summed E-state index contributed by atoms with van der Waals surface area (Å²) in [6, 6.07) is 16.0. The summed E-state index contributed by atoms with van der Waals surface area (Å²) in [6.07, 6.45) is 1.79. The lowest BCUT2D eigenvalue weighted by atomic mass is 9.72. The van der Waals surface area contributed by atoms with Crippen LogP contribution in [0.15, 0.2) is 48.5 Å². The van der Waals surface area contributed by atoms with Gasteiger partial charge in [0, 0.05) is 15.8 Å². The van der Waals surface area contributed by atoms with E-state index in [0.29, 0.717) is 0 Å². The second-order valence-corrected chi connectivity index (χ2v) is 6.83. The van der Waals surface area contributed by atoms with E-state index >= 15 is 0 Å². The molecule has 3 rings (SSSR count). The van der Waals surface area contributed by atoms with Crippen LogP contribution in [0, 0.1) is 0 Å². The number of hydrogen-bond donors (Lipinski definition) is 0. The van der Waals surface area contributed by atoms with Gasteiger partial charge in [0.2, 0.25) is 0 Å². The predicted molar refractivity (Wildman–Crippen MR) is 105 cm³/mol. The van der Waals surface area contributed by atoms with Crippen LogP contribution in [0.5, 0.6) is 0 Å². The molecule has 0 N–H and O–H groups in total. The minimum absolute atomic E-state index is 0.0984. The summed E-state index contributed by atoms with van der Waals surface area (Å²) in [5.41, 5.74) is 2.86. The molecule has 136 valence electrons. The van der Waals surface area contributed by atoms with Crippen molar-refractivity contribution in [2.75, 3.05) is 7.11 Å². The number of ether oxygens (including phenoxy) is 1. The molecular weight excluding hydrogens is 348 g/mol. The maximum atomic E-state index is 11.8. The summed E-state index contributed by atoms with van der Waals surface area (Å²) < 4.78 is 6.58. The first-order valence-corrected chi connectivity index (χ1v) is 9.22. The van der Waals surface area contributed by atoms with Crippen molar-refractivity contribution in [3.05, 3.63) is 64.8 Å². The molecule has 3 aromatic rings. The van der Waals surface area contributed by atoms with E-state index in [9.17, 15) is 4.79 Å². The first-order valence-electron chi connectivity index (χ1n) is 8.84. The van der Waals surface area contributed by atoms with Crippen LogP contribution in [-0.4, -0.2) is 22.9 Å². The molecule has 0 amide bonds. The van der Waals surface area contributed by atoms with E-state index in [0.717, 1.165) is 34.5 Å². The normalized spacial score (nSPS) is 11.7. The molecule has 0 fully saturated rings. The van der Waals surface area contributed by atoms with Crippen molar-refractivity contribution in [3.8, 4) is 0 Å². The number of benzene rings is 2. The lowest BCUT2D eigenvalue weighted by Gasteiger charge is -2.31. The number of fused-ring (bicyclic) bond motifs is 1. The Morgan fingerprint density at radius 1 is 1.12 bits per heavy atom. The summed E-state index contributed by atoms with van der Waals surface area (Å²) in [5, 5.41) is 6.66. The number of carbonyl (C=O) groups excluding carboxylic acids is 1. The van der Waals surface area contributed by atoms with Crippen molar-refractivity contribution in [2.24, 2.45) is 0 Å².